The summed E-state index contributed by atoms with van der Waals surface area (Å²) in [6.45, 7) is 7.86. The molecular formula is C18H24N4. The number of pyridine rings is 2. The van der Waals surface area contributed by atoms with Crippen LogP contribution in [0.3, 0.4) is 0 Å². The van der Waals surface area contributed by atoms with E-state index in [1.807, 2.05) is 18.3 Å². The average molecular weight is 296 g/mol. The van der Waals surface area contributed by atoms with Crippen LogP contribution in [0.4, 0.5) is 5.82 Å². The van der Waals surface area contributed by atoms with Crippen molar-refractivity contribution < 1.29 is 0 Å². The Hall–Kier alpha value is -1.94. The van der Waals surface area contributed by atoms with Crippen molar-refractivity contribution in [1.82, 2.24) is 14.9 Å². The van der Waals surface area contributed by atoms with E-state index in [2.05, 4.69) is 48.8 Å². The lowest BCUT2D eigenvalue weighted by atomic mass is 9.79. The van der Waals surface area contributed by atoms with Gasteiger partial charge in [-0.05, 0) is 48.2 Å². The number of aromatic nitrogens is 2. The van der Waals surface area contributed by atoms with E-state index in [0.717, 1.165) is 24.2 Å². The van der Waals surface area contributed by atoms with E-state index >= 15 is 0 Å². The van der Waals surface area contributed by atoms with Crippen LogP contribution in [-0.4, -0.2) is 28.5 Å². The first-order valence-electron chi connectivity index (χ1n) is 7.76. The van der Waals surface area contributed by atoms with Gasteiger partial charge in [0, 0.05) is 30.5 Å². The molecule has 22 heavy (non-hydrogen) atoms. The Morgan fingerprint density at radius 1 is 1.23 bits per heavy atom. The molecule has 4 heteroatoms. The number of hydrogen-bond acceptors (Lipinski definition) is 4. The van der Waals surface area contributed by atoms with Crippen LogP contribution in [0.25, 0.3) is 11.3 Å². The smallest absolute Gasteiger partial charge is 0.132 e. The highest BCUT2D eigenvalue weighted by Crippen LogP contribution is 2.43. The van der Waals surface area contributed by atoms with Crippen LogP contribution in [0.2, 0.25) is 0 Å². The molecule has 0 fully saturated rings. The van der Waals surface area contributed by atoms with Gasteiger partial charge in [0.05, 0.1) is 5.69 Å². The van der Waals surface area contributed by atoms with Crippen LogP contribution >= 0.6 is 0 Å². The molecule has 0 spiro atoms. The quantitative estimate of drug-likeness (QED) is 0.944. The van der Waals surface area contributed by atoms with E-state index in [9.17, 15) is 0 Å². The highest BCUT2D eigenvalue weighted by atomic mass is 15.1. The summed E-state index contributed by atoms with van der Waals surface area (Å²) in [5, 5.41) is 0. The Morgan fingerprint density at radius 2 is 2.00 bits per heavy atom. The van der Waals surface area contributed by atoms with Crippen molar-refractivity contribution in [1.29, 1.82) is 0 Å². The first-order chi connectivity index (χ1) is 10.4. The van der Waals surface area contributed by atoms with Crippen molar-refractivity contribution >= 4 is 5.82 Å². The number of likely N-dealkylation sites (N-methyl/N-ethyl adjacent to an activating group) is 1. The minimum Gasteiger partial charge on any atom is -0.383 e. The molecule has 1 atom stereocenters. The van der Waals surface area contributed by atoms with Gasteiger partial charge in [-0.25, -0.2) is 4.98 Å². The summed E-state index contributed by atoms with van der Waals surface area (Å²) in [4.78, 5) is 11.2. The van der Waals surface area contributed by atoms with Crippen molar-refractivity contribution in [3.05, 3.63) is 41.7 Å². The third-order valence-electron chi connectivity index (χ3n) is 4.18. The van der Waals surface area contributed by atoms with Gasteiger partial charge in [-0.15, -0.1) is 0 Å². The van der Waals surface area contributed by atoms with Gasteiger partial charge in [-0.1, -0.05) is 20.8 Å². The number of nitrogens with two attached hydrogens (primary N) is 1. The zero-order valence-electron chi connectivity index (χ0n) is 13.8. The molecule has 0 amide bonds. The lowest BCUT2D eigenvalue weighted by Crippen LogP contribution is -2.38. The lowest BCUT2D eigenvalue weighted by molar-refractivity contribution is 0.157. The molecule has 0 saturated heterocycles. The van der Waals surface area contributed by atoms with Crippen LogP contribution in [0.1, 0.15) is 37.9 Å². The Kier molecular flexibility index (Phi) is 3.65. The molecule has 0 bridgehead atoms. The molecule has 116 valence electrons. The number of anilines is 1. The molecule has 0 radical (unpaired) electrons. The molecule has 1 aliphatic rings. The highest BCUT2D eigenvalue weighted by molar-refractivity contribution is 5.75. The van der Waals surface area contributed by atoms with Gasteiger partial charge >= 0.3 is 0 Å². The minimum atomic E-state index is 0.278. The molecule has 3 rings (SSSR count). The van der Waals surface area contributed by atoms with Crippen molar-refractivity contribution in [2.45, 2.75) is 33.2 Å². The van der Waals surface area contributed by atoms with Gasteiger partial charge in [0.2, 0.25) is 0 Å². The number of nitrogens with zero attached hydrogens (tertiary/aromatic N) is 3. The Morgan fingerprint density at radius 3 is 2.68 bits per heavy atom. The zero-order chi connectivity index (χ0) is 15.9. The molecule has 1 unspecified atom stereocenters. The van der Waals surface area contributed by atoms with E-state index in [-0.39, 0.29) is 5.41 Å². The van der Waals surface area contributed by atoms with Crippen LogP contribution in [0.5, 0.6) is 0 Å². The summed E-state index contributed by atoms with van der Waals surface area (Å²) in [5.74, 6) is 0.549. The second-order valence-corrected chi connectivity index (χ2v) is 7.36. The Bertz CT molecular complexity index is 688. The van der Waals surface area contributed by atoms with E-state index < -0.39 is 0 Å². The molecular weight excluding hydrogens is 272 g/mol. The zero-order valence-corrected chi connectivity index (χ0v) is 13.8. The van der Waals surface area contributed by atoms with E-state index in [1.165, 1.54) is 11.1 Å². The average Bonchev–Trinajstić information content (AvgIpc) is 2.38. The number of nitrogen functional groups attached to an aromatic ring is 1. The SMILES string of the molecule is CN(CC(C)(C)C)C1Cc2ccnc(-c3cccnc3N)c21. The van der Waals surface area contributed by atoms with E-state index in [1.54, 1.807) is 6.20 Å². The highest BCUT2D eigenvalue weighted by Gasteiger charge is 2.34. The number of fused-ring (bicyclic) bond motifs is 1. The fourth-order valence-corrected chi connectivity index (χ4v) is 3.31. The van der Waals surface area contributed by atoms with Crippen molar-refractivity contribution in [3.63, 3.8) is 0 Å². The Balaban J connectivity index is 1.97. The van der Waals surface area contributed by atoms with Crippen molar-refractivity contribution in [3.8, 4) is 11.3 Å². The summed E-state index contributed by atoms with van der Waals surface area (Å²) >= 11 is 0. The summed E-state index contributed by atoms with van der Waals surface area (Å²) < 4.78 is 0. The van der Waals surface area contributed by atoms with Crippen LogP contribution < -0.4 is 5.73 Å². The molecule has 4 nitrogen and oxygen atoms in total. The van der Waals surface area contributed by atoms with Gasteiger partial charge < -0.3 is 5.73 Å². The largest absolute Gasteiger partial charge is 0.383 e. The summed E-state index contributed by atoms with van der Waals surface area (Å²) in [6, 6.07) is 6.45. The number of rotatable bonds is 3. The van der Waals surface area contributed by atoms with Crippen LogP contribution in [0, 0.1) is 5.41 Å². The van der Waals surface area contributed by atoms with Gasteiger partial charge in [0.25, 0.3) is 0 Å². The predicted octanol–water partition coefficient (Wildman–Crippen LogP) is 3.30. The van der Waals surface area contributed by atoms with Gasteiger partial charge in [-0.2, -0.15) is 0 Å². The minimum absolute atomic E-state index is 0.278. The second kappa shape index (κ2) is 5.36. The van der Waals surface area contributed by atoms with Gasteiger partial charge in [0.1, 0.15) is 5.82 Å². The Labute approximate surface area is 132 Å². The maximum atomic E-state index is 6.05. The molecule has 2 heterocycles. The molecule has 0 saturated carbocycles. The monoisotopic (exact) mass is 296 g/mol. The summed E-state index contributed by atoms with van der Waals surface area (Å²) in [6.07, 6.45) is 4.68. The fourth-order valence-electron chi connectivity index (χ4n) is 3.31. The van der Waals surface area contributed by atoms with Crippen molar-refractivity contribution in [2.24, 2.45) is 5.41 Å². The first-order valence-corrected chi connectivity index (χ1v) is 7.76. The summed E-state index contributed by atoms with van der Waals surface area (Å²) in [7, 11) is 2.20. The molecule has 2 aromatic rings. The van der Waals surface area contributed by atoms with Crippen LogP contribution in [0.15, 0.2) is 30.6 Å². The first kappa shape index (κ1) is 15.0. The third-order valence-corrected chi connectivity index (χ3v) is 4.18. The third kappa shape index (κ3) is 2.71. The number of hydrogen-bond donors (Lipinski definition) is 1. The normalized spacial score (nSPS) is 17.2. The topological polar surface area (TPSA) is 55.0 Å². The van der Waals surface area contributed by atoms with Crippen LogP contribution in [-0.2, 0) is 6.42 Å². The molecule has 2 N–H and O–H groups in total. The standard InChI is InChI=1S/C18H24N4/c1-18(2,3)11-22(4)14-10-12-7-9-20-16(15(12)14)13-6-5-8-21-17(13)19/h5-9,14H,10-11H2,1-4H3,(H2,19,21). The maximum Gasteiger partial charge on any atom is 0.132 e. The molecule has 1 aliphatic carbocycles. The maximum absolute atomic E-state index is 6.05. The summed E-state index contributed by atoms with van der Waals surface area (Å²) in [5.41, 5.74) is 10.9. The van der Waals surface area contributed by atoms with E-state index in [0.29, 0.717) is 11.9 Å². The molecule has 2 aromatic heterocycles. The fraction of sp³-hybridized carbons (Fsp3) is 0.444. The lowest BCUT2D eigenvalue weighted by Gasteiger charge is -2.41. The predicted molar refractivity (Wildman–Crippen MR) is 90.4 cm³/mol. The van der Waals surface area contributed by atoms with Crippen molar-refractivity contribution in [2.75, 3.05) is 19.3 Å². The second-order valence-electron chi connectivity index (χ2n) is 7.36. The molecule has 0 aromatic carbocycles. The van der Waals surface area contributed by atoms with Gasteiger partial charge in [-0.3, -0.25) is 9.88 Å². The molecule has 0 aliphatic heterocycles. The van der Waals surface area contributed by atoms with Gasteiger partial charge in [0.15, 0.2) is 0 Å². The van der Waals surface area contributed by atoms with E-state index in [4.69, 9.17) is 5.73 Å².